The van der Waals surface area contributed by atoms with Crippen LogP contribution in [0.2, 0.25) is 0 Å². The van der Waals surface area contributed by atoms with Gasteiger partial charge in [-0.25, -0.2) is 0 Å². The van der Waals surface area contributed by atoms with Crippen LogP contribution >= 0.6 is 12.2 Å². The van der Waals surface area contributed by atoms with Gasteiger partial charge < -0.3 is 15.0 Å². The van der Waals surface area contributed by atoms with E-state index >= 15 is 0 Å². The summed E-state index contributed by atoms with van der Waals surface area (Å²) in [5.74, 6) is 0.212. The summed E-state index contributed by atoms with van der Waals surface area (Å²) >= 11 is 5.11. The van der Waals surface area contributed by atoms with Crippen LogP contribution in [0.1, 0.15) is 23.2 Å². The largest absolute Gasteiger partial charge is 0.381 e. The van der Waals surface area contributed by atoms with E-state index in [-0.39, 0.29) is 11.5 Å². The highest BCUT2D eigenvalue weighted by Crippen LogP contribution is 2.13. The Balaban J connectivity index is 1.79. The Morgan fingerprint density at radius 1 is 1.52 bits per heavy atom. The number of nitrogens with one attached hydrogen (secondary N) is 2. The van der Waals surface area contributed by atoms with E-state index in [2.05, 4.69) is 10.3 Å². The van der Waals surface area contributed by atoms with Crippen LogP contribution in [0.15, 0.2) is 23.0 Å². The smallest absolute Gasteiger partial charge is 0.261 e. The van der Waals surface area contributed by atoms with Gasteiger partial charge in [0.1, 0.15) is 0 Å². The van der Waals surface area contributed by atoms with Gasteiger partial charge in [0.05, 0.1) is 17.5 Å². The summed E-state index contributed by atoms with van der Waals surface area (Å²) in [6, 6.07) is 4.98. The van der Waals surface area contributed by atoms with Gasteiger partial charge in [0, 0.05) is 25.8 Å². The van der Waals surface area contributed by atoms with Crippen molar-refractivity contribution in [3.63, 3.8) is 0 Å². The molecule has 1 fully saturated rings. The molecule has 2 heterocycles. The third-order valence-electron chi connectivity index (χ3n) is 4.17. The number of nitrogens with zero attached hydrogens (tertiary/aromatic N) is 1. The first-order chi connectivity index (χ1) is 11.1. The molecule has 1 aromatic carbocycles. The zero-order valence-electron chi connectivity index (χ0n) is 12.9. The zero-order valence-corrected chi connectivity index (χ0v) is 13.7. The van der Waals surface area contributed by atoms with Crippen molar-refractivity contribution >= 4 is 29.0 Å². The van der Waals surface area contributed by atoms with Gasteiger partial charge in [-0.3, -0.25) is 14.2 Å². The lowest BCUT2D eigenvalue weighted by Crippen LogP contribution is -2.33. The molecule has 1 aliphatic rings. The average Bonchev–Trinajstić information content (AvgIpc) is 2.58. The fraction of sp³-hybridized carbons (Fsp3) is 0.438. The van der Waals surface area contributed by atoms with Crippen LogP contribution in [-0.4, -0.2) is 35.2 Å². The highest BCUT2D eigenvalue weighted by Gasteiger charge is 2.16. The average molecular weight is 333 g/mol. The fourth-order valence-electron chi connectivity index (χ4n) is 2.75. The highest BCUT2D eigenvalue weighted by atomic mass is 32.1. The number of ether oxygens (including phenoxy) is 1. The zero-order chi connectivity index (χ0) is 16.4. The molecular formula is C16H19N3O3S. The van der Waals surface area contributed by atoms with Crippen LogP contribution in [0, 0.1) is 10.7 Å². The van der Waals surface area contributed by atoms with Gasteiger partial charge in [-0.15, -0.1) is 0 Å². The summed E-state index contributed by atoms with van der Waals surface area (Å²) in [5.41, 5.74) is 0.912. The first-order valence-corrected chi connectivity index (χ1v) is 8.06. The molecule has 23 heavy (non-hydrogen) atoms. The monoisotopic (exact) mass is 333 g/mol. The summed E-state index contributed by atoms with van der Waals surface area (Å²) in [7, 11) is 1.62. The first-order valence-electron chi connectivity index (χ1n) is 7.65. The molecule has 1 unspecified atom stereocenters. The molecule has 3 rings (SSSR count). The maximum absolute atomic E-state index is 12.3. The standard InChI is InChI=1S/C16H19N3O3S/c1-19-15(21)12-5-4-11(7-13(12)18-16(19)23)14(20)17-8-10-3-2-6-22-9-10/h4-5,7,10H,2-3,6,8-9H2,1H3,(H,17,20)(H,18,23). The number of hydrogen-bond acceptors (Lipinski definition) is 4. The van der Waals surface area contributed by atoms with Gasteiger partial charge in [-0.1, -0.05) is 0 Å². The minimum absolute atomic E-state index is 0.155. The number of carbonyl (C=O) groups excluding carboxylic acids is 1. The normalized spacial score (nSPS) is 18.0. The Bertz CT molecular complexity index is 850. The lowest BCUT2D eigenvalue weighted by molar-refractivity contribution is 0.0536. The molecule has 1 aromatic heterocycles. The quantitative estimate of drug-likeness (QED) is 0.839. The maximum Gasteiger partial charge on any atom is 0.261 e. The molecule has 1 atom stereocenters. The number of hydrogen-bond donors (Lipinski definition) is 2. The first kappa shape index (κ1) is 15.9. The number of rotatable bonds is 3. The van der Waals surface area contributed by atoms with Crippen LogP contribution in [-0.2, 0) is 11.8 Å². The fourth-order valence-corrected chi connectivity index (χ4v) is 2.95. The Labute approximate surface area is 138 Å². The molecule has 1 saturated heterocycles. The molecular weight excluding hydrogens is 314 g/mol. The van der Waals surface area contributed by atoms with E-state index < -0.39 is 0 Å². The molecule has 6 nitrogen and oxygen atoms in total. The molecule has 1 amide bonds. The number of aromatic amines is 1. The molecule has 0 radical (unpaired) electrons. The second-order valence-electron chi connectivity index (χ2n) is 5.85. The van der Waals surface area contributed by atoms with Crippen LogP contribution < -0.4 is 10.9 Å². The van der Waals surface area contributed by atoms with Crippen LogP contribution in [0.25, 0.3) is 10.9 Å². The molecule has 0 saturated carbocycles. The van der Waals surface area contributed by atoms with Crippen molar-refractivity contribution < 1.29 is 9.53 Å². The predicted octanol–water partition coefficient (Wildman–Crippen LogP) is 1.75. The molecule has 2 N–H and O–H groups in total. The third kappa shape index (κ3) is 3.35. The van der Waals surface area contributed by atoms with Crippen LogP contribution in [0.5, 0.6) is 0 Å². The van der Waals surface area contributed by atoms with E-state index in [1.54, 1.807) is 25.2 Å². The van der Waals surface area contributed by atoms with E-state index in [9.17, 15) is 9.59 Å². The predicted molar refractivity (Wildman–Crippen MR) is 90.2 cm³/mol. The van der Waals surface area contributed by atoms with Crippen molar-refractivity contribution in [2.45, 2.75) is 12.8 Å². The Kier molecular flexibility index (Phi) is 4.58. The van der Waals surface area contributed by atoms with E-state index in [0.717, 1.165) is 19.4 Å². The number of benzene rings is 1. The lowest BCUT2D eigenvalue weighted by atomic mass is 10.0. The molecule has 0 spiro atoms. The van der Waals surface area contributed by atoms with Gasteiger partial charge in [0.2, 0.25) is 0 Å². The van der Waals surface area contributed by atoms with Crippen molar-refractivity contribution in [2.24, 2.45) is 13.0 Å². The van der Waals surface area contributed by atoms with E-state index in [1.807, 2.05) is 0 Å². The van der Waals surface area contributed by atoms with Gasteiger partial charge >= 0.3 is 0 Å². The van der Waals surface area contributed by atoms with Crippen molar-refractivity contribution in [1.29, 1.82) is 0 Å². The summed E-state index contributed by atoms with van der Waals surface area (Å²) in [4.78, 5) is 27.4. The summed E-state index contributed by atoms with van der Waals surface area (Å²) in [6.07, 6.45) is 2.11. The summed E-state index contributed by atoms with van der Waals surface area (Å²) in [6.45, 7) is 2.11. The molecule has 1 aliphatic heterocycles. The molecule has 0 aliphatic carbocycles. The van der Waals surface area contributed by atoms with Crippen molar-refractivity contribution in [1.82, 2.24) is 14.9 Å². The molecule has 7 heteroatoms. The van der Waals surface area contributed by atoms with Crippen LogP contribution in [0.3, 0.4) is 0 Å². The Hall–Kier alpha value is -1.99. The Morgan fingerprint density at radius 3 is 3.09 bits per heavy atom. The minimum atomic E-state index is -0.171. The lowest BCUT2D eigenvalue weighted by Gasteiger charge is -2.22. The number of aromatic nitrogens is 2. The number of amides is 1. The third-order valence-corrected chi connectivity index (χ3v) is 4.54. The minimum Gasteiger partial charge on any atom is -0.381 e. The molecule has 122 valence electrons. The number of H-pyrrole nitrogens is 1. The Morgan fingerprint density at radius 2 is 2.35 bits per heavy atom. The van der Waals surface area contributed by atoms with Gasteiger partial charge in [-0.05, 0) is 49.2 Å². The summed E-state index contributed by atoms with van der Waals surface area (Å²) in [5, 5.41) is 3.44. The molecule has 0 bridgehead atoms. The topological polar surface area (TPSA) is 76.1 Å². The summed E-state index contributed by atoms with van der Waals surface area (Å²) < 4.78 is 7.12. The van der Waals surface area contributed by atoms with Crippen molar-refractivity contribution in [3.8, 4) is 0 Å². The SMILES string of the molecule is Cn1c(=S)[nH]c2cc(C(=O)NCC3CCCOC3)ccc2c1=O. The second kappa shape index (κ2) is 6.64. The highest BCUT2D eigenvalue weighted by molar-refractivity contribution is 7.71. The maximum atomic E-state index is 12.3. The number of carbonyl (C=O) groups is 1. The van der Waals surface area contributed by atoms with Gasteiger partial charge in [-0.2, -0.15) is 0 Å². The number of fused-ring (bicyclic) bond motifs is 1. The van der Waals surface area contributed by atoms with E-state index in [0.29, 0.717) is 40.3 Å². The molecule has 2 aromatic rings. The van der Waals surface area contributed by atoms with Crippen LogP contribution in [0.4, 0.5) is 0 Å². The van der Waals surface area contributed by atoms with E-state index in [1.165, 1.54) is 4.57 Å². The van der Waals surface area contributed by atoms with Gasteiger partial charge in [0.25, 0.3) is 11.5 Å². The van der Waals surface area contributed by atoms with Crippen molar-refractivity contribution in [3.05, 3.63) is 38.9 Å². The van der Waals surface area contributed by atoms with Crippen molar-refractivity contribution in [2.75, 3.05) is 19.8 Å². The van der Waals surface area contributed by atoms with E-state index in [4.69, 9.17) is 17.0 Å². The second-order valence-corrected chi connectivity index (χ2v) is 6.23. The van der Waals surface area contributed by atoms with Gasteiger partial charge in [0.15, 0.2) is 4.77 Å².